The maximum absolute atomic E-state index is 9.13. The van der Waals surface area contributed by atoms with E-state index >= 15 is 0 Å². The number of ether oxygens (including phenoxy) is 1. The molecule has 1 saturated carbocycles. The molecule has 1 saturated heterocycles. The number of aromatic nitrogens is 2. The average Bonchev–Trinajstić information content (AvgIpc) is 3.40. The van der Waals surface area contributed by atoms with E-state index in [1.807, 2.05) is 18.2 Å². The Balaban J connectivity index is 1.46. The highest BCUT2D eigenvalue weighted by atomic mass is 16.5. The summed E-state index contributed by atoms with van der Waals surface area (Å²) < 4.78 is 10.9. The highest BCUT2D eigenvalue weighted by Gasteiger charge is 2.33. The lowest BCUT2D eigenvalue weighted by Gasteiger charge is -2.37. The zero-order chi connectivity index (χ0) is 18.1. The van der Waals surface area contributed by atoms with Crippen molar-refractivity contribution < 1.29 is 9.26 Å². The Labute approximate surface area is 153 Å². The first-order valence-electron chi connectivity index (χ1n) is 9.01. The van der Waals surface area contributed by atoms with Crippen LogP contribution < -0.4 is 4.74 Å². The molecular weight excluding hydrogens is 330 g/mol. The van der Waals surface area contributed by atoms with Gasteiger partial charge in [0.1, 0.15) is 17.9 Å². The van der Waals surface area contributed by atoms with Crippen LogP contribution in [0.15, 0.2) is 22.7 Å². The van der Waals surface area contributed by atoms with Crippen molar-refractivity contribution in [1.82, 2.24) is 19.9 Å². The number of benzene rings is 1. The number of nitrogens with zero attached hydrogens (tertiary/aromatic N) is 5. The normalized spacial score (nSPS) is 21.5. The van der Waals surface area contributed by atoms with E-state index in [4.69, 9.17) is 14.5 Å². The summed E-state index contributed by atoms with van der Waals surface area (Å²) in [6, 6.07) is 8.03. The first-order chi connectivity index (χ1) is 12.7. The minimum absolute atomic E-state index is 0.115. The van der Waals surface area contributed by atoms with Gasteiger partial charge in [0.15, 0.2) is 5.82 Å². The molecule has 7 heteroatoms. The van der Waals surface area contributed by atoms with Crippen molar-refractivity contribution in [1.29, 1.82) is 5.26 Å². The van der Waals surface area contributed by atoms with E-state index < -0.39 is 0 Å². The van der Waals surface area contributed by atoms with Crippen LogP contribution >= 0.6 is 0 Å². The number of likely N-dealkylation sites (N-methyl/N-ethyl adjacent to an activating group) is 1. The Kier molecular flexibility index (Phi) is 4.62. The number of methoxy groups -OCH3 is 1. The van der Waals surface area contributed by atoms with Crippen LogP contribution in [0.5, 0.6) is 5.75 Å². The van der Waals surface area contributed by atoms with E-state index in [1.165, 1.54) is 12.8 Å². The van der Waals surface area contributed by atoms with E-state index in [2.05, 4.69) is 33.1 Å². The topological polar surface area (TPSA) is 78.4 Å². The second kappa shape index (κ2) is 7.06. The van der Waals surface area contributed by atoms with Crippen LogP contribution in [-0.4, -0.2) is 53.7 Å². The molecule has 0 spiro atoms. The number of hydrogen-bond donors (Lipinski definition) is 0. The first kappa shape index (κ1) is 17.0. The van der Waals surface area contributed by atoms with Crippen molar-refractivity contribution in [2.24, 2.45) is 0 Å². The smallest absolute Gasteiger partial charge is 0.245 e. The minimum atomic E-state index is 0.115. The summed E-state index contributed by atoms with van der Waals surface area (Å²) in [5.74, 6) is 2.71. The summed E-state index contributed by atoms with van der Waals surface area (Å²) in [6.07, 6.45) is 2.35. The van der Waals surface area contributed by atoms with Crippen LogP contribution in [0.1, 0.15) is 47.6 Å². The van der Waals surface area contributed by atoms with Gasteiger partial charge in [-0.25, -0.2) is 0 Å². The van der Waals surface area contributed by atoms with Gasteiger partial charge in [-0.2, -0.15) is 10.2 Å². The van der Waals surface area contributed by atoms with Gasteiger partial charge in [-0.15, -0.1) is 0 Å². The molecule has 2 aliphatic rings. The van der Waals surface area contributed by atoms with Crippen molar-refractivity contribution in [3.63, 3.8) is 0 Å². The second-order valence-corrected chi connectivity index (χ2v) is 7.14. The van der Waals surface area contributed by atoms with Crippen LogP contribution in [-0.2, 0) is 6.54 Å². The van der Waals surface area contributed by atoms with Crippen LogP contribution in [0.3, 0.4) is 0 Å². The molecule has 2 aromatic rings. The largest absolute Gasteiger partial charge is 0.495 e. The Morgan fingerprint density at radius 1 is 1.35 bits per heavy atom. The molecule has 2 heterocycles. The van der Waals surface area contributed by atoms with Gasteiger partial charge in [-0.05, 0) is 37.6 Å². The lowest BCUT2D eigenvalue weighted by atomic mass is 10.1. The highest BCUT2D eigenvalue weighted by molar-refractivity contribution is 5.45. The Bertz CT molecular complexity index is 824. The molecular formula is C19H23N5O2. The van der Waals surface area contributed by atoms with Crippen molar-refractivity contribution in [2.45, 2.75) is 31.3 Å². The van der Waals surface area contributed by atoms with Crippen LogP contribution in [0.25, 0.3) is 0 Å². The molecule has 7 nitrogen and oxygen atoms in total. The van der Waals surface area contributed by atoms with Crippen molar-refractivity contribution in [2.75, 3.05) is 33.8 Å². The first-order valence-corrected chi connectivity index (χ1v) is 9.01. The summed E-state index contributed by atoms with van der Waals surface area (Å²) in [5.41, 5.74) is 1.69. The number of nitriles is 1. The zero-order valence-corrected chi connectivity index (χ0v) is 15.2. The quantitative estimate of drug-likeness (QED) is 0.816. The third kappa shape index (κ3) is 3.43. The fourth-order valence-electron chi connectivity index (χ4n) is 3.41. The van der Waals surface area contributed by atoms with Gasteiger partial charge >= 0.3 is 0 Å². The lowest BCUT2D eigenvalue weighted by Crippen LogP contribution is -2.46. The van der Waals surface area contributed by atoms with E-state index in [1.54, 1.807) is 7.11 Å². The summed E-state index contributed by atoms with van der Waals surface area (Å²) >= 11 is 0. The van der Waals surface area contributed by atoms with Gasteiger partial charge in [0.25, 0.3) is 0 Å². The van der Waals surface area contributed by atoms with E-state index in [0.717, 1.165) is 43.5 Å². The maximum atomic E-state index is 9.13. The highest BCUT2D eigenvalue weighted by Crippen LogP contribution is 2.39. The number of piperazine rings is 1. The van der Waals surface area contributed by atoms with Crippen molar-refractivity contribution in [3.8, 4) is 11.8 Å². The predicted molar refractivity (Wildman–Crippen MR) is 94.6 cm³/mol. The molecule has 4 rings (SSSR count). The van der Waals surface area contributed by atoms with Gasteiger partial charge in [0, 0.05) is 32.1 Å². The van der Waals surface area contributed by atoms with E-state index in [9.17, 15) is 0 Å². The van der Waals surface area contributed by atoms with Crippen molar-refractivity contribution in [3.05, 3.63) is 41.0 Å². The molecule has 1 aromatic heterocycles. The molecule has 0 unspecified atom stereocenters. The number of rotatable bonds is 5. The third-order valence-corrected chi connectivity index (χ3v) is 5.21. The predicted octanol–water partition coefficient (Wildman–Crippen LogP) is 2.32. The Morgan fingerprint density at radius 3 is 2.92 bits per heavy atom. The molecule has 0 radical (unpaired) electrons. The minimum Gasteiger partial charge on any atom is -0.495 e. The standard InChI is InChI=1S/C19H23N5O2/c1-23-7-8-24(11-13-3-4-15(10-20)17(9-13)25-2)12-16(23)19-21-18(22-26-19)14-5-6-14/h3-4,9,14,16H,5-8,11-12H2,1-2H3/t16-/m1/s1. The van der Waals surface area contributed by atoms with Crippen molar-refractivity contribution >= 4 is 0 Å². The fraction of sp³-hybridized carbons (Fsp3) is 0.526. The molecule has 0 amide bonds. The lowest BCUT2D eigenvalue weighted by molar-refractivity contribution is 0.0714. The fourth-order valence-corrected chi connectivity index (χ4v) is 3.41. The molecule has 1 atom stereocenters. The van der Waals surface area contributed by atoms with Gasteiger partial charge in [-0.3, -0.25) is 9.80 Å². The second-order valence-electron chi connectivity index (χ2n) is 7.14. The zero-order valence-electron chi connectivity index (χ0n) is 15.2. The average molecular weight is 353 g/mol. The molecule has 0 bridgehead atoms. The summed E-state index contributed by atoms with van der Waals surface area (Å²) in [4.78, 5) is 9.29. The molecule has 136 valence electrons. The Morgan fingerprint density at radius 2 is 2.19 bits per heavy atom. The van der Waals surface area contributed by atoms with Gasteiger partial charge in [0.05, 0.1) is 12.7 Å². The van der Waals surface area contributed by atoms with E-state index in [-0.39, 0.29) is 6.04 Å². The SMILES string of the molecule is COc1cc(CN2CCN(C)[C@@H](c3nc(C4CC4)no3)C2)ccc1C#N. The summed E-state index contributed by atoms with van der Waals surface area (Å²) in [7, 11) is 3.70. The van der Waals surface area contributed by atoms with Crippen LogP contribution in [0.4, 0.5) is 0 Å². The third-order valence-electron chi connectivity index (χ3n) is 5.21. The molecule has 1 aliphatic carbocycles. The van der Waals surface area contributed by atoms with Gasteiger partial charge < -0.3 is 9.26 Å². The van der Waals surface area contributed by atoms with E-state index in [0.29, 0.717) is 17.2 Å². The molecule has 1 aromatic carbocycles. The monoisotopic (exact) mass is 353 g/mol. The summed E-state index contributed by atoms with van der Waals surface area (Å²) in [6.45, 7) is 3.55. The van der Waals surface area contributed by atoms with Crippen LogP contribution in [0, 0.1) is 11.3 Å². The molecule has 26 heavy (non-hydrogen) atoms. The van der Waals surface area contributed by atoms with Gasteiger partial charge in [0.2, 0.25) is 5.89 Å². The molecule has 2 fully saturated rings. The molecule has 1 aliphatic heterocycles. The number of hydrogen-bond acceptors (Lipinski definition) is 7. The van der Waals surface area contributed by atoms with Crippen LogP contribution in [0.2, 0.25) is 0 Å². The molecule has 0 N–H and O–H groups in total. The maximum Gasteiger partial charge on any atom is 0.245 e. The Hall–Kier alpha value is -2.43. The summed E-state index contributed by atoms with van der Waals surface area (Å²) in [5, 5.41) is 13.3. The van der Waals surface area contributed by atoms with Gasteiger partial charge in [-0.1, -0.05) is 11.2 Å².